The van der Waals surface area contributed by atoms with E-state index in [1.165, 1.54) is 24.5 Å². The van der Waals surface area contributed by atoms with Gasteiger partial charge in [0.15, 0.2) is 0 Å². The van der Waals surface area contributed by atoms with Crippen molar-refractivity contribution >= 4 is 11.3 Å². The zero-order valence-electron chi connectivity index (χ0n) is 10.6. The van der Waals surface area contributed by atoms with Crippen molar-refractivity contribution in [3.63, 3.8) is 0 Å². The maximum atomic E-state index is 14.1. The first kappa shape index (κ1) is 13.8. The standard InChI is InChI=1S/C13H15FN2O2S/c1-17-8-3-4-9(10(14)7-8)12(16-15)13-11(18-2)5-6-19-13/h3-7,12,16H,15H2,1-2H3. The average Bonchev–Trinajstić information content (AvgIpc) is 2.89. The molecule has 0 radical (unpaired) electrons. The van der Waals surface area contributed by atoms with Gasteiger partial charge in [0.05, 0.1) is 25.1 Å². The lowest BCUT2D eigenvalue weighted by Gasteiger charge is -2.17. The van der Waals surface area contributed by atoms with Gasteiger partial charge in [0.2, 0.25) is 0 Å². The Hall–Kier alpha value is -1.63. The molecule has 102 valence electrons. The van der Waals surface area contributed by atoms with Gasteiger partial charge in [-0.05, 0) is 17.5 Å². The molecule has 0 spiro atoms. The van der Waals surface area contributed by atoms with Gasteiger partial charge in [-0.3, -0.25) is 5.84 Å². The van der Waals surface area contributed by atoms with Crippen molar-refractivity contribution in [3.05, 3.63) is 45.9 Å². The molecule has 0 amide bonds. The molecule has 0 aliphatic carbocycles. The van der Waals surface area contributed by atoms with Crippen molar-refractivity contribution in [2.45, 2.75) is 6.04 Å². The normalized spacial score (nSPS) is 12.2. The molecule has 1 unspecified atom stereocenters. The third-order valence-electron chi connectivity index (χ3n) is 2.82. The molecule has 0 aliphatic heterocycles. The largest absolute Gasteiger partial charge is 0.497 e. The summed E-state index contributed by atoms with van der Waals surface area (Å²) in [5.41, 5.74) is 3.07. The predicted molar refractivity (Wildman–Crippen MR) is 73.0 cm³/mol. The van der Waals surface area contributed by atoms with Gasteiger partial charge >= 0.3 is 0 Å². The van der Waals surface area contributed by atoms with Crippen molar-refractivity contribution < 1.29 is 13.9 Å². The van der Waals surface area contributed by atoms with Gasteiger partial charge in [0.25, 0.3) is 0 Å². The lowest BCUT2D eigenvalue weighted by molar-refractivity contribution is 0.404. The molecule has 0 aliphatic rings. The number of hydrogen-bond donors (Lipinski definition) is 2. The number of thiophene rings is 1. The van der Waals surface area contributed by atoms with Gasteiger partial charge in [-0.1, -0.05) is 6.07 Å². The summed E-state index contributed by atoms with van der Waals surface area (Å²) in [6.45, 7) is 0. The Labute approximate surface area is 114 Å². The number of hydrogen-bond acceptors (Lipinski definition) is 5. The number of methoxy groups -OCH3 is 2. The van der Waals surface area contributed by atoms with E-state index in [2.05, 4.69) is 5.43 Å². The van der Waals surface area contributed by atoms with Crippen molar-refractivity contribution in [1.29, 1.82) is 0 Å². The summed E-state index contributed by atoms with van der Waals surface area (Å²) < 4.78 is 24.3. The van der Waals surface area contributed by atoms with E-state index in [0.717, 1.165) is 4.88 Å². The Morgan fingerprint density at radius 3 is 2.63 bits per heavy atom. The molecule has 3 N–H and O–H groups in total. The summed E-state index contributed by atoms with van der Waals surface area (Å²) >= 11 is 1.45. The lowest BCUT2D eigenvalue weighted by atomic mass is 10.0. The minimum absolute atomic E-state index is 0.377. The number of ether oxygens (including phenoxy) is 2. The van der Waals surface area contributed by atoms with E-state index in [0.29, 0.717) is 17.1 Å². The van der Waals surface area contributed by atoms with Crippen LogP contribution >= 0.6 is 11.3 Å². The Balaban J connectivity index is 2.42. The maximum absolute atomic E-state index is 14.1. The highest BCUT2D eigenvalue weighted by molar-refractivity contribution is 7.10. The SMILES string of the molecule is COc1ccc(C(NN)c2sccc2OC)c(F)c1. The molecule has 1 heterocycles. The number of hydrazine groups is 1. The maximum Gasteiger partial charge on any atom is 0.134 e. The summed E-state index contributed by atoms with van der Waals surface area (Å²) in [5, 5.41) is 1.87. The first-order valence-electron chi connectivity index (χ1n) is 5.62. The fourth-order valence-corrected chi connectivity index (χ4v) is 2.80. The van der Waals surface area contributed by atoms with Gasteiger partial charge < -0.3 is 9.47 Å². The third kappa shape index (κ3) is 2.70. The Morgan fingerprint density at radius 2 is 2.05 bits per heavy atom. The van der Waals surface area contributed by atoms with Crippen molar-refractivity contribution in [3.8, 4) is 11.5 Å². The minimum Gasteiger partial charge on any atom is -0.497 e. The molecule has 2 aromatic rings. The smallest absolute Gasteiger partial charge is 0.134 e. The van der Waals surface area contributed by atoms with Gasteiger partial charge in [-0.25, -0.2) is 9.82 Å². The Bertz CT molecular complexity index is 559. The van der Waals surface area contributed by atoms with E-state index in [4.69, 9.17) is 15.3 Å². The predicted octanol–water partition coefficient (Wildman–Crippen LogP) is 2.46. The summed E-state index contributed by atoms with van der Waals surface area (Å²) in [5.74, 6) is 6.34. The number of nitrogens with one attached hydrogen (secondary N) is 1. The topological polar surface area (TPSA) is 56.5 Å². The summed E-state index contributed by atoms with van der Waals surface area (Å²) in [6, 6.07) is 6.05. The molecule has 0 bridgehead atoms. The first-order chi connectivity index (χ1) is 9.21. The highest BCUT2D eigenvalue weighted by Crippen LogP contribution is 2.35. The van der Waals surface area contributed by atoms with Crippen LogP contribution in [0, 0.1) is 5.82 Å². The van der Waals surface area contributed by atoms with Crippen LogP contribution in [0.5, 0.6) is 11.5 Å². The lowest BCUT2D eigenvalue weighted by Crippen LogP contribution is -2.29. The van der Waals surface area contributed by atoms with Gasteiger partial charge in [-0.15, -0.1) is 11.3 Å². The second-order valence-electron chi connectivity index (χ2n) is 3.84. The molecular formula is C13H15FN2O2S. The summed E-state index contributed by atoms with van der Waals surface area (Å²) in [7, 11) is 3.07. The molecule has 6 heteroatoms. The van der Waals surface area contributed by atoms with Gasteiger partial charge in [0.1, 0.15) is 17.3 Å². The second-order valence-corrected chi connectivity index (χ2v) is 4.79. The van der Waals surface area contributed by atoms with Crippen LogP contribution < -0.4 is 20.7 Å². The molecule has 0 saturated carbocycles. The van der Waals surface area contributed by atoms with Crippen molar-refractivity contribution in [1.82, 2.24) is 5.43 Å². The van der Waals surface area contributed by atoms with Gasteiger partial charge in [0, 0.05) is 11.6 Å². The quantitative estimate of drug-likeness (QED) is 0.653. The van der Waals surface area contributed by atoms with Crippen LogP contribution in [0.3, 0.4) is 0 Å². The molecule has 0 saturated heterocycles. The van der Waals surface area contributed by atoms with Crippen LogP contribution in [0.1, 0.15) is 16.5 Å². The van der Waals surface area contributed by atoms with Crippen LogP contribution in [-0.4, -0.2) is 14.2 Å². The molecule has 1 aromatic carbocycles. The van der Waals surface area contributed by atoms with Crippen molar-refractivity contribution in [2.75, 3.05) is 14.2 Å². The Morgan fingerprint density at radius 1 is 1.26 bits per heavy atom. The zero-order chi connectivity index (χ0) is 13.8. The van der Waals surface area contributed by atoms with E-state index in [9.17, 15) is 4.39 Å². The van der Waals surface area contributed by atoms with Crippen LogP contribution in [0.2, 0.25) is 0 Å². The number of benzene rings is 1. The van der Waals surface area contributed by atoms with Crippen LogP contribution in [-0.2, 0) is 0 Å². The minimum atomic E-state index is -0.458. The molecule has 0 fully saturated rings. The fraction of sp³-hybridized carbons (Fsp3) is 0.231. The van der Waals surface area contributed by atoms with Crippen LogP contribution in [0.4, 0.5) is 4.39 Å². The molecule has 1 aromatic heterocycles. The highest BCUT2D eigenvalue weighted by atomic mass is 32.1. The van der Waals surface area contributed by atoms with Crippen molar-refractivity contribution in [2.24, 2.45) is 5.84 Å². The van der Waals surface area contributed by atoms with E-state index < -0.39 is 6.04 Å². The number of halogens is 1. The van der Waals surface area contributed by atoms with Crippen LogP contribution in [0.15, 0.2) is 29.6 Å². The first-order valence-corrected chi connectivity index (χ1v) is 6.50. The average molecular weight is 282 g/mol. The Kier molecular flexibility index (Phi) is 4.36. The number of nitrogens with two attached hydrogens (primary N) is 1. The van der Waals surface area contributed by atoms with E-state index in [1.807, 2.05) is 11.4 Å². The monoisotopic (exact) mass is 282 g/mol. The third-order valence-corrected chi connectivity index (χ3v) is 3.79. The molecule has 19 heavy (non-hydrogen) atoms. The highest BCUT2D eigenvalue weighted by Gasteiger charge is 2.21. The molecule has 2 rings (SSSR count). The molecule has 4 nitrogen and oxygen atoms in total. The van der Waals surface area contributed by atoms with Gasteiger partial charge in [-0.2, -0.15) is 0 Å². The molecule has 1 atom stereocenters. The summed E-state index contributed by atoms with van der Waals surface area (Å²) in [4.78, 5) is 0.828. The zero-order valence-corrected chi connectivity index (χ0v) is 11.5. The second kappa shape index (κ2) is 6.01. The summed E-state index contributed by atoms with van der Waals surface area (Å²) in [6.07, 6.45) is 0. The molecular weight excluding hydrogens is 267 g/mol. The van der Waals surface area contributed by atoms with E-state index in [1.54, 1.807) is 19.2 Å². The number of rotatable bonds is 5. The van der Waals surface area contributed by atoms with E-state index >= 15 is 0 Å². The van der Waals surface area contributed by atoms with E-state index in [-0.39, 0.29) is 5.82 Å². The van der Waals surface area contributed by atoms with Crippen LogP contribution in [0.25, 0.3) is 0 Å². The fourth-order valence-electron chi connectivity index (χ4n) is 1.86.